The Bertz CT molecular complexity index is 1320. The Balaban J connectivity index is 1.14. The Labute approximate surface area is 236 Å². The number of benzene rings is 2. The number of amides is 2. The molecule has 0 bridgehead atoms. The van der Waals surface area contributed by atoms with Crippen molar-refractivity contribution in [2.75, 3.05) is 44.2 Å². The molecule has 40 heavy (non-hydrogen) atoms. The van der Waals surface area contributed by atoms with Crippen molar-refractivity contribution in [2.24, 2.45) is 5.41 Å². The van der Waals surface area contributed by atoms with Crippen LogP contribution in [0.25, 0.3) is 4.85 Å². The first-order valence-electron chi connectivity index (χ1n) is 14.7. The highest BCUT2D eigenvalue weighted by Crippen LogP contribution is 2.50. The lowest BCUT2D eigenvalue weighted by Gasteiger charge is -2.47. The number of hydrogen-bond acceptors (Lipinski definition) is 5. The molecule has 2 aromatic rings. The maximum absolute atomic E-state index is 13.7. The predicted molar refractivity (Wildman–Crippen MR) is 154 cm³/mol. The minimum atomic E-state index is -0.682. The summed E-state index contributed by atoms with van der Waals surface area (Å²) in [6, 6.07) is 13.8. The van der Waals surface area contributed by atoms with Crippen LogP contribution in [0.1, 0.15) is 64.4 Å². The molecular weight excluding hydrogens is 502 g/mol. The zero-order valence-electron chi connectivity index (χ0n) is 23.3. The van der Waals surface area contributed by atoms with Crippen LogP contribution in [-0.4, -0.2) is 84.2 Å². The van der Waals surface area contributed by atoms with E-state index in [1.807, 2.05) is 23.1 Å². The Morgan fingerprint density at radius 2 is 1.82 bits per heavy atom. The van der Waals surface area contributed by atoms with Gasteiger partial charge in [0.15, 0.2) is 0 Å². The third kappa shape index (κ3) is 4.97. The molecule has 2 atom stereocenters. The van der Waals surface area contributed by atoms with E-state index in [1.165, 1.54) is 11.1 Å². The van der Waals surface area contributed by atoms with Crippen LogP contribution in [-0.2, 0) is 13.0 Å². The van der Waals surface area contributed by atoms with E-state index < -0.39 is 6.10 Å². The molecule has 1 spiro atoms. The number of aliphatic hydroxyl groups excluding tert-OH is 1. The monoisotopic (exact) mass is 541 g/mol. The van der Waals surface area contributed by atoms with Gasteiger partial charge < -0.3 is 30.0 Å². The van der Waals surface area contributed by atoms with Gasteiger partial charge in [-0.15, -0.1) is 0 Å². The van der Waals surface area contributed by atoms with Crippen LogP contribution < -0.4 is 10.2 Å². The topological polar surface area (TPSA) is 80.5 Å². The Morgan fingerprint density at radius 3 is 2.55 bits per heavy atom. The van der Waals surface area contributed by atoms with E-state index in [2.05, 4.69) is 34.1 Å². The van der Waals surface area contributed by atoms with Crippen molar-refractivity contribution in [3.63, 3.8) is 0 Å². The van der Waals surface area contributed by atoms with Crippen molar-refractivity contribution >= 4 is 17.5 Å². The third-order valence-corrected chi connectivity index (χ3v) is 9.74. The fourth-order valence-corrected chi connectivity index (χ4v) is 7.15. The molecule has 0 aromatic heterocycles. The highest BCUT2D eigenvalue weighted by molar-refractivity contribution is 6.03. The van der Waals surface area contributed by atoms with Crippen molar-refractivity contribution in [3.05, 3.63) is 76.1 Å². The van der Waals surface area contributed by atoms with Crippen LogP contribution in [0.2, 0.25) is 0 Å². The number of carbonyl (C=O) groups excluding carboxylic acids is 2. The predicted octanol–water partition coefficient (Wildman–Crippen LogP) is 3.35. The average Bonchev–Trinajstić information content (AvgIpc) is 3.10. The molecule has 1 saturated heterocycles. The Morgan fingerprint density at radius 1 is 1.10 bits per heavy atom. The number of aliphatic hydroxyl groups is 1. The van der Waals surface area contributed by atoms with Crippen LogP contribution in [0, 0.1) is 12.0 Å². The largest absolute Gasteiger partial charge is 0.390 e. The number of hydrogen-bond donors (Lipinski definition) is 2. The van der Waals surface area contributed by atoms with Crippen molar-refractivity contribution in [3.8, 4) is 0 Å². The van der Waals surface area contributed by atoms with Crippen LogP contribution in [0.5, 0.6) is 0 Å². The number of β-amino-alcohol motifs (C(OH)–C–C–N with tert-alkyl or cyclic N) is 1. The van der Waals surface area contributed by atoms with Crippen LogP contribution in [0.15, 0.2) is 42.5 Å². The van der Waals surface area contributed by atoms with Gasteiger partial charge in [0.05, 0.1) is 17.4 Å². The van der Waals surface area contributed by atoms with Gasteiger partial charge in [0, 0.05) is 70.3 Å². The lowest BCUT2D eigenvalue weighted by atomic mass is 9.60. The summed E-state index contributed by atoms with van der Waals surface area (Å²) >= 11 is 0. The van der Waals surface area contributed by atoms with E-state index in [9.17, 15) is 14.7 Å². The smallest absolute Gasteiger partial charge is 0.256 e. The minimum Gasteiger partial charge on any atom is -0.390 e. The summed E-state index contributed by atoms with van der Waals surface area (Å²) in [6.45, 7) is 13.6. The molecular formula is C32H39N5O3. The maximum Gasteiger partial charge on any atom is 0.256 e. The summed E-state index contributed by atoms with van der Waals surface area (Å²) < 4.78 is 0. The molecule has 210 valence electrons. The van der Waals surface area contributed by atoms with Crippen molar-refractivity contribution in [1.82, 2.24) is 15.1 Å². The number of nitrogens with zero attached hydrogens (tertiary/aromatic N) is 4. The van der Waals surface area contributed by atoms with Gasteiger partial charge in [-0.2, -0.15) is 0 Å². The van der Waals surface area contributed by atoms with E-state index in [4.69, 9.17) is 6.57 Å². The summed E-state index contributed by atoms with van der Waals surface area (Å²) in [5, 5.41) is 14.6. The van der Waals surface area contributed by atoms with E-state index >= 15 is 0 Å². The molecule has 8 nitrogen and oxygen atoms in total. The highest BCUT2D eigenvalue weighted by Gasteiger charge is 2.50. The summed E-state index contributed by atoms with van der Waals surface area (Å²) in [4.78, 5) is 36.7. The molecule has 3 heterocycles. The molecule has 8 heteroatoms. The number of anilines is 1. The number of rotatable bonds is 5. The first kappa shape index (κ1) is 26.8. The fraction of sp³-hybridized carbons (Fsp3) is 0.531. The lowest BCUT2D eigenvalue weighted by Crippen LogP contribution is -2.50. The van der Waals surface area contributed by atoms with E-state index in [0.717, 1.165) is 57.4 Å². The summed E-state index contributed by atoms with van der Waals surface area (Å²) in [7, 11) is 0. The second kappa shape index (κ2) is 10.9. The molecule has 4 aliphatic rings. The molecule has 2 amide bonds. The Hall–Kier alpha value is -3.41. The zero-order chi connectivity index (χ0) is 27.9. The standard InChI is InChI=1S/C32H39N5O3/c1-3-35-14-15-37(21-29(38)27-16-22-6-4-5-7-24(22)20-34-27)31(40)26-9-8-23(17-28(26)35)30(39)36-12-10-32(11-13-36)18-25(19-32)33-2/h4-9,17,25,27,29,34,38H,3,10-16,18-21H2,1H3/t27-,29+/m0/s1. The molecule has 3 aliphatic heterocycles. The number of nitrogens with one attached hydrogen (secondary N) is 1. The third-order valence-electron chi connectivity index (χ3n) is 9.74. The van der Waals surface area contributed by atoms with Crippen LogP contribution in [0.3, 0.4) is 0 Å². The van der Waals surface area contributed by atoms with Gasteiger partial charge in [-0.3, -0.25) is 9.59 Å². The fourth-order valence-electron chi connectivity index (χ4n) is 7.15. The van der Waals surface area contributed by atoms with E-state index in [-0.39, 0.29) is 35.9 Å². The molecule has 2 fully saturated rings. The first-order chi connectivity index (χ1) is 19.4. The molecule has 0 radical (unpaired) electrons. The molecule has 2 aromatic carbocycles. The number of piperidine rings is 1. The number of fused-ring (bicyclic) bond motifs is 2. The summed E-state index contributed by atoms with van der Waals surface area (Å²) in [5.74, 6) is -0.0816. The van der Waals surface area contributed by atoms with E-state index in [0.29, 0.717) is 30.8 Å². The van der Waals surface area contributed by atoms with Crippen molar-refractivity contribution in [2.45, 2.75) is 63.8 Å². The van der Waals surface area contributed by atoms with E-state index in [1.54, 1.807) is 17.0 Å². The van der Waals surface area contributed by atoms with Gasteiger partial charge in [-0.1, -0.05) is 24.3 Å². The second-order valence-electron chi connectivity index (χ2n) is 12.1. The minimum absolute atomic E-state index is 0.0161. The highest BCUT2D eigenvalue weighted by atomic mass is 16.3. The van der Waals surface area contributed by atoms with Gasteiger partial charge in [-0.05, 0) is 60.9 Å². The lowest BCUT2D eigenvalue weighted by molar-refractivity contribution is 0.0250. The maximum atomic E-state index is 13.7. The van der Waals surface area contributed by atoms with Crippen molar-refractivity contribution < 1.29 is 14.7 Å². The van der Waals surface area contributed by atoms with Gasteiger partial charge >= 0.3 is 0 Å². The van der Waals surface area contributed by atoms with Crippen molar-refractivity contribution in [1.29, 1.82) is 0 Å². The normalized spacial score (nSPS) is 23.1. The van der Waals surface area contributed by atoms with Crippen LogP contribution in [0.4, 0.5) is 5.69 Å². The number of carbonyl (C=O) groups is 2. The Kier molecular flexibility index (Phi) is 7.28. The molecule has 6 rings (SSSR count). The molecule has 2 N–H and O–H groups in total. The quantitative estimate of drug-likeness (QED) is 0.568. The van der Waals surface area contributed by atoms with Gasteiger partial charge in [0.1, 0.15) is 0 Å². The van der Waals surface area contributed by atoms with Gasteiger partial charge in [-0.25, -0.2) is 6.57 Å². The SMILES string of the molecule is [C-]#[N+]C1CC2(CCN(C(=O)c3ccc4c(c3)N(CC)CCN(C[C@@H](O)[C@@H]3Cc5ccccc5CN3)C4=O)CC2)C1. The van der Waals surface area contributed by atoms with Crippen LogP contribution >= 0.6 is 0 Å². The summed E-state index contributed by atoms with van der Waals surface area (Å²) in [5.41, 5.74) is 4.77. The zero-order valence-corrected chi connectivity index (χ0v) is 23.3. The average molecular weight is 542 g/mol. The molecule has 1 saturated carbocycles. The first-order valence-corrected chi connectivity index (χ1v) is 14.7. The number of likely N-dealkylation sites (N-methyl/N-ethyl adjacent to an activating group) is 1. The van der Waals surface area contributed by atoms with Gasteiger partial charge in [0.25, 0.3) is 11.8 Å². The summed E-state index contributed by atoms with van der Waals surface area (Å²) in [6.07, 6.45) is 3.93. The van der Waals surface area contributed by atoms with Gasteiger partial charge in [0.2, 0.25) is 6.04 Å². The molecule has 1 aliphatic carbocycles. The second-order valence-corrected chi connectivity index (χ2v) is 12.1. The molecule has 0 unspecified atom stereocenters. The number of likely N-dealkylation sites (tertiary alicyclic amines) is 1.